The molecule has 1 fully saturated rings. The second kappa shape index (κ2) is 7.27. The van der Waals surface area contributed by atoms with Gasteiger partial charge < -0.3 is 10.5 Å². The number of ether oxygens (including phenoxy) is 1. The van der Waals surface area contributed by atoms with Gasteiger partial charge in [-0.15, -0.1) is 0 Å². The van der Waals surface area contributed by atoms with Crippen molar-refractivity contribution in [3.05, 3.63) is 64.9 Å². The third-order valence-corrected chi connectivity index (χ3v) is 7.61. The summed E-state index contributed by atoms with van der Waals surface area (Å²) in [7, 11) is -3.68. The fourth-order valence-electron chi connectivity index (χ4n) is 3.69. The molecule has 1 saturated carbocycles. The van der Waals surface area contributed by atoms with Crippen molar-refractivity contribution >= 4 is 21.4 Å². The number of benzene rings is 2. The summed E-state index contributed by atoms with van der Waals surface area (Å²) in [6.07, 6.45) is 0. The van der Waals surface area contributed by atoms with Crippen molar-refractivity contribution in [2.75, 3.05) is 19.8 Å². The topological polar surface area (TPSA) is 69.4 Å². The molecular formula is C19H21ClFNO3S. The normalized spacial score (nSPS) is 25.2. The Morgan fingerprint density at radius 2 is 1.92 bits per heavy atom. The van der Waals surface area contributed by atoms with E-state index in [-0.39, 0.29) is 18.0 Å². The number of hydrogen-bond donors (Lipinski definition) is 1. The Labute approximate surface area is 158 Å². The quantitative estimate of drug-likeness (QED) is 0.777. The van der Waals surface area contributed by atoms with Gasteiger partial charge in [0.15, 0.2) is 9.84 Å². The maximum absolute atomic E-state index is 13.7. The van der Waals surface area contributed by atoms with Gasteiger partial charge in [0.25, 0.3) is 0 Å². The first-order valence-corrected chi connectivity index (χ1v) is 10.3. The molecule has 2 N–H and O–H groups in total. The zero-order valence-corrected chi connectivity index (χ0v) is 15.9. The second-order valence-corrected chi connectivity index (χ2v) is 9.03. The van der Waals surface area contributed by atoms with Gasteiger partial charge in [-0.25, -0.2) is 12.8 Å². The number of sulfone groups is 1. The summed E-state index contributed by atoms with van der Waals surface area (Å²) in [5.74, 6) is -0.824. The van der Waals surface area contributed by atoms with Crippen molar-refractivity contribution in [1.29, 1.82) is 0 Å². The first-order chi connectivity index (χ1) is 12.4. The molecule has 0 heterocycles. The van der Waals surface area contributed by atoms with Gasteiger partial charge >= 0.3 is 0 Å². The fourth-order valence-corrected chi connectivity index (χ4v) is 6.26. The Balaban J connectivity index is 2.05. The minimum atomic E-state index is -3.68. The van der Waals surface area contributed by atoms with Crippen LogP contribution in [0.3, 0.4) is 0 Å². The van der Waals surface area contributed by atoms with Crippen molar-refractivity contribution in [1.82, 2.24) is 0 Å². The van der Waals surface area contributed by atoms with Crippen LogP contribution in [0.1, 0.15) is 18.4 Å². The molecule has 1 aliphatic rings. The lowest BCUT2D eigenvalue weighted by Crippen LogP contribution is -2.29. The van der Waals surface area contributed by atoms with Crippen molar-refractivity contribution in [3.8, 4) is 0 Å². The number of nitrogens with two attached hydrogens (primary N) is 1. The van der Waals surface area contributed by atoms with Crippen molar-refractivity contribution < 1.29 is 17.5 Å². The van der Waals surface area contributed by atoms with E-state index >= 15 is 0 Å². The van der Waals surface area contributed by atoms with Crippen LogP contribution in [0.4, 0.5) is 4.39 Å². The van der Waals surface area contributed by atoms with Gasteiger partial charge in [-0.3, -0.25) is 0 Å². The molecule has 3 rings (SSSR count). The number of halogens is 2. The van der Waals surface area contributed by atoms with Gasteiger partial charge in [-0.05, 0) is 48.9 Å². The van der Waals surface area contributed by atoms with Crippen LogP contribution < -0.4 is 5.73 Å². The smallest absolute Gasteiger partial charge is 0.182 e. The molecule has 2 aromatic rings. The van der Waals surface area contributed by atoms with Crippen LogP contribution >= 0.6 is 11.6 Å². The molecule has 7 heteroatoms. The van der Waals surface area contributed by atoms with Crippen LogP contribution in [0.5, 0.6) is 0 Å². The molecule has 0 unspecified atom stereocenters. The summed E-state index contributed by atoms with van der Waals surface area (Å²) < 4.78 is 45.8. The summed E-state index contributed by atoms with van der Waals surface area (Å²) in [6, 6.07) is 12.1. The van der Waals surface area contributed by atoms with Crippen LogP contribution in [-0.4, -0.2) is 33.4 Å². The van der Waals surface area contributed by atoms with E-state index in [9.17, 15) is 12.8 Å². The van der Waals surface area contributed by atoms with Gasteiger partial charge in [0.2, 0.25) is 0 Å². The van der Waals surface area contributed by atoms with Gasteiger partial charge in [0.05, 0.1) is 16.8 Å². The molecule has 0 radical (unpaired) electrons. The Morgan fingerprint density at radius 3 is 2.50 bits per heavy atom. The molecule has 0 spiro atoms. The van der Waals surface area contributed by atoms with Crippen LogP contribution in [0.2, 0.25) is 5.02 Å². The van der Waals surface area contributed by atoms with E-state index in [1.54, 1.807) is 24.3 Å². The Hall–Kier alpha value is -1.47. The van der Waals surface area contributed by atoms with E-state index in [0.29, 0.717) is 17.2 Å². The Morgan fingerprint density at radius 1 is 1.23 bits per heavy atom. The molecule has 0 saturated heterocycles. The minimum absolute atomic E-state index is 0.131. The molecule has 0 bridgehead atoms. The van der Waals surface area contributed by atoms with Crippen LogP contribution in [0, 0.1) is 11.2 Å². The highest BCUT2D eigenvalue weighted by Crippen LogP contribution is 2.63. The molecule has 0 aliphatic heterocycles. The Kier molecular flexibility index (Phi) is 5.40. The number of rotatable bonds is 7. The largest absolute Gasteiger partial charge is 0.381 e. The summed E-state index contributed by atoms with van der Waals surface area (Å²) in [6.45, 7) is 2.63. The van der Waals surface area contributed by atoms with Crippen LogP contribution in [0.25, 0.3) is 0 Å². The molecule has 4 nitrogen and oxygen atoms in total. The highest BCUT2D eigenvalue weighted by Gasteiger charge is 2.70. The standard InChI is InChI=1S/C19H21ClFNO3S/c1-2-25-12-19(11-22)17(13-4-3-5-15(21)10-13)18(19)26(23,24)16-8-6-14(20)7-9-16/h3-10,17-18H,2,11-12,22H2,1H3/t17-,18-,19+/m0/s1. The van der Waals surface area contributed by atoms with Crippen LogP contribution in [0.15, 0.2) is 53.4 Å². The predicted molar refractivity (Wildman–Crippen MR) is 99.5 cm³/mol. The van der Waals surface area contributed by atoms with E-state index in [1.165, 1.54) is 24.3 Å². The molecule has 2 aromatic carbocycles. The molecule has 26 heavy (non-hydrogen) atoms. The zero-order chi connectivity index (χ0) is 18.9. The van der Waals surface area contributed by atoms with Gasteiger partial charge in [-0.1, -0.05) is 23.7 Å². The van der Waals surface area contributed by atoms with Crippen molar-refractivity contribution in [2.24, 2.45) is 11.1 Å². The zero-order valence-electron chi connectivity index (χ0n) is 14.4. The lowest BCUT2D eigenvalue weighted by molar-refractivity contribution is 0.101. The van der Waals surface area contributed by atoms with E-state index in [4.69, 9.17) is 22.1 Å². The highest BCUT2D eigenvalue weighted by atomic mass is 35.5. The molecule has 140 valence electrons. The second-order valence-electron chi connectivity index (χ2n) is 6.53. The lowest BCUT2D eigenvalue weighted by atomic mass is 10.00. The predicted octanol–water partition coefficient (Wildman–Crippen LogP) is 3.40. The minimum Gasteiger partial charge on any atom is -0.381 e. The van der Waals surface area contributed by atoms with E-state index < -0.39 is 32.2 Å². The maximum atomic E-state index is 13.7. The van der Waals surface area contributed by atoms with E-state index in [1.807, 2.05) is 6.92 Å². The van der Waals surface area contributed by atoms with Gasteiger partial charge in [-0.2, -0.15) is 0 Å². The molecule has 0 aromatic heterocycles. The Bertz CT molecular complexity index is 888. The highest BCUT2D eigenvalue weighted by molar-refractivity contribution is 7.92. The average molecular weight is 398 g/mol. The maximum Gasteiger partial charge on any atom is 0.182 e. The molecule has 0 amide bonds. The van der Waals surface area contributed by atoms with E-state index in [2.05, 4.69) is 0 Å². The van der Waals surface area contributed by atoms with Gasteiger partial charge in [0, 0.05) is 29.5 Å². The van der Waals surface area contributed by atoms with E-state index in [0.717, 1.165) is 0 Å². The summed E-state index contributed by atoms with van der Waals surface area (Å²) in [5, 5.41) is -0.310. The fraction of sp³-hybridized carbons (Fsp3) is 0.368. The van der Waals surface area contributed by atoms with Crippen molar-refractivity contribution in [2.45, 2.75) is 23.0 Å². The average Bonchev–Trinajstić information content (AvgIpc) is 3.31. The lowest BCUT2D eigenvalue weighted by Gasteiger charge is -2.16. The molecule has 1 aliphatic carbocycles. The monoisotopic (exact) mass is 397 g/mol. The van der Waals surface area contributed by atoms with Gasteiger partial charge in [0.1, 0.15) is 5.82 Å². The summed E-state index contributed by atoms with van der Waals surface area (Å²) >= 11 is 5.87. The third-order valence-electron chi connectivity index (χ3n) is 5.02. The summed E-state index contributed by atoms with van der Waals surface area (Å²) in [4.78, 5) is 0.181. The number of hydrogen-bond acceptors (Lipinski definition) is 4. The van der Waals surface area contributed by atoms with Crippen molar-refractivity contribution in [3.63, 3.8) is 0 Å². The molecular weight excluding hydrogens is 377 g/mol. The first kappa shape index (κ1) is 19.3. The SMILES string of the molecule is CCOC[C@]1(CN)[C@@H](c2cccc(F)c2)[C@@H]1S(=O)(=O)c1ccc(Cl)cc1. The third kappa shape index (κ3) is 3.27. The molecule has 3 atom stereocenters. The first-order valence-electron chi connectivity index (χ1n) is 8.39. The van der Waals surface area contributed by atoms with Crippen LogP contribution in [-0.2, 0) is 14.6 Å². The summed E-state index contributed by atoms with van der Waals surface area (Å²) in [5.41, 5.74) is 5.85.